The minimum Gasteiger partial charge on any atom is -0.497 e. The summed E-state index contributed by atoms with van der Waals surface area (Å²) in [6.45, 7) is 0.986. The second-order valence-corrected chi connectivity index (χ2v) is 5.62. The van der Waals surface area contributed by atoms with Gasteiger partial charge in [-0.1, -0.05) is 12.1 Å². The molecule has 0 amide bonds. The van der Waals surface area contributed by atoms with Crippen molar-refractivity contribution in [3.05, 3.63) is 29.8 Å². The highest BCUT2D eigenvalue weighted by atomic mass is 16.5. The number of fused-ring (bicyclic) bond motifs is 1. The van der Waals surface area contributed by atoms with Gasteiger partial charge in [-0.05, 0) is 61.6 Å². The number of ether oxygens (including phenoxy) is 2. The van der Waals surface area contributed by atoms with Gasteiger partial charge in [0.25, 0.3) is 0 Å². The third kappa shape index (κ3) is 2.39. The first kappa shape index (κ1) is 12.0. The minimum absolute atomic E-state index is 0.581. The first-order valence-corrected chi connectivity index (χ1v) is 7.11. The zero-order valence-electron chi connectivity index (χ0n) is 11.1. The van der Waals surface area contributed by atoms with Crippen molar-refractivity contribution in [2.75, 3.05) is 13.7 Å². The molecule has 0 N–H and O–H groups in total. The van der Waals surface area contributed by atoms with Crippen LogP contribution in [0.1, 0.15) is 31.2 Å². The largest absolute Gasteiger partial charge is 0.497 e. The molecule has 18 heavy (non-hydrogen) atoms. The van der Waals surface area contributed by atoms with Crippen LogP contribution in [-0.2, 0) is 11.2 Å². The van der Waals surface area contributed by atoms with E-state index in [-0.39, 0.29) is 0 Å². The molecule has 0 bridgehead atoms. The van der Waals surface area contributed by atoms with Crippen LogP contribution in [0.3, 0.4) is 0 Å². The van der Waals surface area contributed by atoms with Crippen molar-refractivity contribution in [2.24, 2.45) is 11.8 Å². The smallest absolute Gasteiger partial charge is 0.118 e. The van der Waals surface area contributed by atoms with E-state index in [1.807, 2.05) is 0 Å². The summed E-state index contributed by atoms with van der Waals surface area (Å²) in [6, 6.07) is 8.46. The maximum atomic E-state index is 5.89. The van der Waals surface area contributed by atoms with Crippen molar-refractivity contribution in [2.45, 2.75) is 38.2 Å². The Hall–Kier alpha value is -1.02. The lowest BCUT2D eigenvalue weighted by Crippen LogP contribution is -2.46. The predicted molar refractivity (Wildman–Crippen MR) is 71.9 cm³/mol. The standard InChI is InChI=1S/C16H22O2/c1-17-15-8-5-12(6-9-15)4-7-14-11-13-3-2-10-18-16(13)14/h5-6,8-9,13-14,16H,2-4,7,10-11H2,1H3/t13-,14+,16-/m1/s1. The molecule has 1 aromatic carbocycles. The van der Waals surface area contributed by atoms with E-state index in [2.05, 4.69) is 24.3 Å². The lowest BCUT2D eigenvalue weighted by atomic mass is 9.66. The Bertz CT molecular complexity index is 385. The van der Waals surface area contributed by atoms with Gasteiger partial charge in [-0.3, -0.25) is 0 Å². The zero-order chi connectivity index (χ0) is 12.4. The van der Waals surface area contributed by atoms with E-state index in [0.29, 0.717) is 6.10 Å². The fraction of sp³-hybridized carbons (Fsp3) is 0.625. The Morgan fingerprint density at radius 3 is 2.83 bits per heavy atom. The molecule has 0 spiro atoms. The Morgan fingerprint density at radius 2 is 2.11 bits per heavy atom. The highest BCUT2D eigenvalue weighted by molar-refractivity contribution is 5.27. The van der Waals surface area contributed by atoms with Gasteiger partial charge in [0.05, 0.1) is 13.2 Å². The van der Waals surface area contributed by atoms with E-state index in [4.69, 9.17) is 9.47 Å². The fourth-order valence-corrected chi connectivity index (χ4v) is 3.39. The Labute approximate surface area is 109 Å². The Morgan fingerprint density at radius 1 is 1.28 bits per heavy atom. The van der Waals surface area contributed by atoms with Gasteiger partial charge in [-0.25, -0.2) is 0 Å². The molecule has 1 saturated carbocycles. The summed E-state index contributed by atoms with van der Waals surface area (Å²) in [5.41, 5.74) is 1.41. The van der Waals surface area contributed by atoms with Gasteiger partial charge < -0.3 is 9.47 Å². The van der Waals surface area contributed by atoms with Gasteiger partial charge >= 0.3 is 0 Å². The molecule has 1 saturated heterocycles. The highest BCUT2D eigenvalue weighted by Crippen LogP contribution is 2.44. The molecule has 0 aromatic heterocycles. The molecular weight excluding hydrogens is 224 g/mol. The Balaban J connectivity index is 1.49. The van der Waals surface area contributed by atoms with Gasteiger partial charge in [0.15, 0.2) is 0 Å². The normalized spacial score (nSPS) is 30.4. The first-order chi connectivity index (χ1) is 8.86. The summed E-state index contributed by atoms with van der Waals surface area (Å²) >= 11 is 0. The third-order valence-corrected chi connectivity index (χ3v) is 4.53. The maximum Gasteiger partial charge on any atom is 0.118 e. The summed E-state index contributed by atoms with van der Waals surface area (Å²) in [4.78, 5) is 0. The van der Waals surface area contributed by atoms with E-state index in [0.717, 1.165) is 24.2 Å². The first-order valence-electron chi connectivity index (χ1n) is 7.11. The van der Waals surface area contributed by atoms with Crippen molar-refractivity contribution in [1.29, 1.82) is 0 Å². The number of benzene rings is 1. The molecule has 3 rings (SSSR count). The van der Waals surface area contributed by atoms with Gasteiger partial charge in [0.2, 0.25) is 0 Å². The van der Waals surface area contributed by atoms with Gasteiger partial charge in [0, 0.05) is 6.61 Å². The third-order valence-electron chi connectivity index (χ3n) is 4.53. The van der Waals surface area contributed by atoms with Crippen LogP contribution >= 0.6 is 0 Å². The lowest BCUT2D eigenvalue weighted by Gasteiger charge is -2.47. The fourth-order valence-electron chi connectivity index (χ4n) is 3.39. The number of hydrogen-bond donors (Lipinski definition) is 0. The molecule has 1 heterocycles. The molecular formula is C16H22O2. The summed E-state index contributed by atoms with van der Waals surface area (Å²) < 4.78 is 11.1. The quantitative estimate of drug-likeness (QED) is 0.810. The molecule has 98 valence electrons. The minimum atomic E-state index is 0.581. The molecule has 0 radical (unpaired) electrons. The SMILES string of the molecule is COc1ccc(CC[C@H]2C[C@H]3CCCO[C@H]32)cc1. The summed E-state index contributed by atoms with van der Waals surface area (Å²) in [7, 11) is 1.71. The summed E-state index contributed by atoms with van der Waals surface area (Å²) in [5.74, 6) is 2.62. The highest BCUT2D eigenvalue weighted by Gasteiger charge is 2.42. The molecule has 1 aromatic rings. The van der Waals surface area contributed by atoms with Gasteiger partial charge in [-0.15, -0.1) is 0 Å². The van der Waals surface area contributed by atoms with Crippen molar-refractivity contribution in [3.63, 3.8) is 0 Å². The number of methoxy groups -OCH3 is 1. The van der Waals surface area contributed by atoms with Crippen LogP contribution in [0.5, 0.6) is 5.75 Å². The maximum absolute atomic E-state index is 5.89. The second-order valence-electron chi connectivity index (χ2n) is 5.62. The monoisotopic (exact) mass is 246 g/mol. The molecule has 3 atom stereocenters. The summed E-state index contributed by atoms with van der Waals surface area (Å²) in [5, 5.41) is 0. The average Bonchev–Trinajstić information content (AvgIpc) is 2.40. The van der Waals surface area contributed by atoms with Crippen LogP contribution in [0, 0.1) is 11.8 Å². The summed E-state index contributed by atoms with van der Waals surface area (Å²) in [6.07, 6.45) is 7.07. The number of hydrogen-bond acceptors (Lipinski definition) is 2. The van der Waals surface area contributed by atoms with Crippen molar-refractivity contribution < 1.29 is 9.47 Å². The second kappa shape index (κ2) is 5.31. The van der Waals surface area contributed by atoms with E-state index < -0.39 is 0 Å². The number of rotatable bonds is 4. The lowest BCUT2D eigenvalue weighted by molar-refractivity contribution is -0.129. The van der Waals surface area contributed by atoms with Crippen LogP contribution in [0.2, 0.25) is 0 Å². The zero-order valence-corrected chi connectivity index (χ0v) is 11.1. The molecule has 2 nitrogen and oxygen atoms in total. The van der Waals surface area contributed by atoms with E-state index in [9.17, 15) is 0 Å². The molecule has 2 aliphatic rings. The Kier molecular flexibility index (Phi) is 3.55. The van der Waals surface area contributed by atoms with Crippen LogP contribution in [0.15, 0.2) is 24.3 Å². The molecule has 2 fully saturated rings. The van der Waals surface area contributed by atoms with Crippen molar-refractivity contribution >= 4 is 0 Å². The van der Waals surface area contributed by atoms with Crippen LogP contribution in [0.4, 0.5) is 0 Å². The number of aryl methyl sites for hydroxylation is 1. The van der Waals surface area contributed by atoms with E-state index >= 15 is 0 Å². The average molecular weight is 246 g/mol. The van der Waals surface area contributed by atoms with E-state index in [1.54, 1.807) is 7.11 Å². The topological polar surface area (TPSA) is 18.5 Å². The molecule has 1 aliphatic carbocycles. The van der Waals surface area contributed by atoms with Crippen molar-refractivity contribution in [3.8, 4) is 5.75 Å². The molecule has 2 heteroatoms. The van der Waals surface area contributed by atoms with E-state index in [1.165, 1.54) is 37.7 Å². The predicted octanol–water partition coefficient (Wildman–Crippen LogP) is 3.44. The van der Waals surface area contributed by atoms with Crippen LogP contribution in [-0.4, -0.2) is 19.8 Å². The molecule has 0 unspecified atom stereocenters. The van der Waals surface area contributed by atoms with Gasteiger partial charge in [0.1, 0.15) is 5.75 Å². The van der Waals surface area contributed by atoms with Gasteiger partial charge in [-0.2, -0.15) is 0 Å². The van der Waals surface area contributed by atoms with Crippen LogP contribution in [0.25, 0.3) is 0 Å². The van der Waals surface area contributed by atoms with Crippen LogP contribution < -0.4 is 4.74 Å². The molecule has 1 aliphatic heterocycles. The van der Waals surface area contributed by atoms with Crippen molar-refractivity contribution in [1.82, 2.24) is 0 Å².